The summed E-state index contributed by atoms with van der Waals surface area (Å²) in [6.45, 7) is 4.13. The van der Waals surface area contributed by atoms with Crippen LogP contribution in [0, 0.1) is 0 Å². The minimum absolute atomic E-state index is 0.105. The van der Waals surface area contributed by atoms with Gasteiger partial charge in [0.25, 0.3) is 0 Å². The van der Waals surface area contributed by atoms with E-state index in [2.05, 4.69) is 72.9 Å². The molecule has 1 unspecified atom stereocenters. The van der Waals surface area contributed by atoms with Gasteiger partial charge in [0, 0.05) is 32.2 Å². The molecule has 0 aliphatic heterocycles. The van der Waals surface area contributed by atoms with Crippen LogP contribution in [0.2, 0.25) is 0 Å². The predicted octanol–water partition coefficient (Wildman–Crippen LogP) is 6.81. The Hall–Kier alpha value is -0.710. The van der Waals surface area contributed by atoms with Gasteiger partial charge in [0.2, 0.25) is 0 Å². The standard InChI is InChI=1S/C10H8Br2.C10H9BrO/c2*1-6-9-3-2-8(11)4-7(9)5-10(6)12/h2-4H,5H2,1H3;2-4,6H,5H2,1H3. The van der Waals surface area contributed by atoms with Crippen molar-refractivity contribution in [3.05, 3.63) is 72.1 Å². The molecule has 0 aromatic heterocycles. The van der Waals surface area contributed by atoms with Crippen LogP contribution in [0.5, 0.6) is 0 Å². The summed E-state index contributed by atoms with van der Waals surface area (Å²) in [7, 11) is 0. The summed E-state index contributed by atoms with van der Waals surface area (Å²) in [5.74, 6) is 0.441. The molecule has 0 spiro atoms. The lowest BCUT2D eigenvalue weighted by Crippen LogP contribution is -2.00. The third kappa shape index (κ3) is 3.61. The number of carbonyl (C=O) groups is 1. The highest BCUT2D eigenvalue weighted by molar-refractivity contribution is 9.12. The van der Waals surface area contributed by atoms with Crippen molar-refractivity contribution in [1.29, 1.82) is 0 Å². The van der Waals surface area contributed by atoms with Crippen molar-refractivity contribution in [1.82, 2.24) is 0 Å². The Morgan fingerprint density at radius 2 is 1.54 bits per heavy atom. The zero-order valence-electron chi connectivity index (χ0n) is 13.5. The Bertz CT molecular complexity index is 852. The summed E-state index contributed by atoms with van der Waals surface area (Å²) < 4.78 is 3.54. The van der Waals surface area contributed by atoms with E-state index in [1.54, 1.807) is 0 Å². The van der Waals surface area contributed by atoms with Gasteiger partial charge in [0.05, 0.1) is 0 Å². The number of carbonyl (C=O) groups excluding carboxylic acids is 1. The van der Waals surface area contributed by atoms with E-state index in [9.17, 15) is 4.79 Å². The molecule has 0 saturated heterocycles. The summed E-state index contributed by atoms with van der Waals surface area (Å²) in [6, 6.07) is 12.5. The van der Waals surface area contributed by atoms with Crippen LogP contribution < -0.4 is 0 Å². The first-order chi connectivity index (χ1) is 11.4. The summed E-state index contributed by atoms with van der Waals surface area (Å²) >= 11 is 10.4. The number of rotatable bonds is 0. The quantitative estimate of drug-likeness (QED) is 0.379. The first-order valence-corrected chi connectivity index (χ1v) is 10.2. The molecule has 0 radical (unpaired) electrons. The van der Waals surface area contributed by atoms with Gasteiger partial charge in [-0.05, 0) is 59.0 Å². The van der Waals surface area contributed by atoms with Gasteiger partial charge in [-0.25, -0.2) is 0 Å². The Labute approximate surface area is 167 Å². The third-order valence-electron chi connectivity index (χ3n) is 4.64. The summed E-state index contributed by atoms with van der Waals surface area (Å²) in [6.07, 6.45) is 1.65. The van der Waals surface area contributed by atoms with Crippen molar-refractivity contribution in [2.75, 3.05) is 0 Å². The molecule has 4 rings (SSSR count). The van der Waals surface area contributed by atoms with Gasteiger partial charge in [0.15, 0.2) is 0 Å². The van der Waals surface area contributed by atoms with E-state index in [0.717, 1.165) is 15.4 Å². The first kappa shape index (κ1) is 18.1. The van der Waals surface area contributed by atoms with Crippen LogP contribution >= 0.6 is 47.8 Å². The Balaban J connectivity index is 0.000000141. The average molecular weight is 513 g/mol. The minimum Gasteiger partial charge on any atom is -0.299 e. The van der Waals surface area contributed by atoms with E-state index in [1.165, 1.54) is 32.3 Å². The smallest absolute Gasteiger partial charge is 0.144 e. The topological polar surface area (TPSA) is 17.1 Å². The molecule has 124 valence electrons. The predicted molar refractivity (Wildman–Crippen MR) is 111 cm³/mol. The SMILES string of the molecule is CC1=C(Br)Cc2cc(Br)ccc21.CC1C(=O)Cc2cc(Br)ccc21. The lowest BCUT2D eigenvalue weighted by molar-refractivity contribution is -0.118. The molecule has 1 atom stereocenters. The monoisotopic (exact) mass is 510 g/mol. The van der Waals surface area contributed by atoms with Crippen molar-refractivity contribution in [2.24, 2.45) is 0 Å². The van der Waals surface area contributed by atoms with Crippen molar-refractivity contribution in [3.63, 3.8) is 0 Å². The Kier molecular flexibility index (Phi) is 5.48. The number of Topliss-reactive ketones (excluding diaryl/α,β-unsaturated/α-hetero) is 1. The van der Waals surface area contributed by atoms with E-state index in [4.69, 9.17) is 0 Å². The molecular formula is C20H17Br3O. The summed E-state index contributed by atoms with van der Waals surface area (Å²) in [5.41, 5.74) is 6.54. The van der Waals surface area contributed by atoms with Crippen LogP contribution in [-0.4, -0.2) is 5.78 Å². The van der Waals surface area contributed by atoms with Crippen LogP contribution in [-0.2, 0) is 17.6 Å². The lowest BCUT2D eigenvalue weighted by Gasteiger charge is -2.01. The van der Waals surface area contributed by atoms with E-state index in [0.29, 0.717) is 12.2 Å². The van der Waals surface area contributed by atoms with Gasteiger partial charge >= 0.3 is 0 Å². The highest BCUT2D eigenvalue weighted by Gasteiger charge is 2.26. The van der Waals surface area contributed by atoms with E-state index in [-0.39, 0.29) is 5.92 Å². The largest absolute Gasteiger partial charge is 0.299 e. The fourth-order valence-electron chi connectivity index (χ4n) is 3.18. The van der Waals surface area contributed by atoms with Crippen LogP contribution in [0.15, 0.2) is 49.8 Å². The van der Waals surface area contributed by atoms with E-state index < -0.39 is 0 Å². The fraction of sp³-hybridized carbons (Fsp3) is 0.250. The molecule has 2 aromatic rings. The number of halogens is 3. The van der Waals surface area contributed by atoms with Gasteiger partial charge in [-0.1, -0.05) is 66.8 Å². The summed E-state index contributed by atoms with van der Waals surface area (Å²) in [5, 5.41) is 0. The molecular weight excluding hydrogens is 496 g/mol. The second-order valence-electron chi connectivity index (χ2n) is 6.22. The van der Waals surface area contributed by atoms with E-state index in [1.807, 2.05) is 25.1 Å². The van der Waals surface area contributed by atoms with Crippen molar-refractivity contribution in [3.8, 4) is 0 Å². The fourth-order valence-corrected chi connectivity index (χ4v) is 4.52. The van der Waals surface area contributed by atoms with E-state index >= 15 is 0 Å². The molecule has 2 aliphatic carbocycles. The maximum atomic E-state index is 11.3. The molecule has 0 amide bonds. The molecule has 0 N–H and O–H groups in total. The second-order valence-corrected chi connectivity index (χ2v) is 9.00. The van der Waals surface area contributed by atoms with Gasteiger partial charge in [-0.15, -0.1) is 0 Å². The molecule has 0 heterocycles. The van der Waals surface area contributed by atoms with Crippen LogP contribution in [0.4, 0.5) is 0 Å². The summed E-state index contributed by atoms with van der Waals surface area (Å²) in [4.78, 5) is 11.3. The third-order valence-corrected chi connectivity index (χ3v) is 6.50. The Morgan fingerprint density at radius 3 is 2.25 bits per heavy atom. The molecule has 2 aromatic carbocycles. The molecule has 1 nitrogen and oxygen atoms in total. The molecule has 24 heavy (non-hydrogen) atoms. The van der Waals surface area contributed by atoms with Gasteiger partial charge < -0.3 is 0 Å². The van der Waals surface area contributed by atoms with Crippen LogP contribution in [0.25, 0.3) is 5.57 Å². The van der Waals surface area contributed by atoms with Gasteiger partial charge in [0.1, 0.15) is 5.78 Å². The number of hydrogen-bond donors (Lipinski definition) is 0. The highest BCUT2D eigenvalue weighted by Crippen LogP contribution is 2.36. The molecule has 0 saturated carbocycles. The number of allylic oxidation sites excluding steroid dienone is 2. The Morgan fingerprint density at radius 1 is 0.917 bits per heavy atom. The van der Waals surface area contributed by atoms with Crippen LogP contribution in [0.1, 0.15) is 42.0 Å². The molecule has 0 fully saturated rings. The highest BCUT2D eigenvalue weighted by atomic mass is 79.9. The minimum atomic E-state index is 0.105. The van der Waals surface area contributed by atoms with Crippen molar-refractivity contribution >= 4 is 59.1 Å². The second kappa shape index (κ2) is 7.27. The maximum absolute atomic E-state index is 11.3. The van der Waals surface area contributed by atoms with Crippen LogP contribution in [0.3, 0.4) is 0 Å². The molecule has 0 bridgehead atoms. The van der Waals surface area contributed by atoms with Crippen molar-refractivity contribution in [2.45, 2.75) is 32.6 Å². The van der Waals surface area contributed by atoms with Gasteiger partial charge in [-0.3, -0.25) is 4.79 Å². The molecule has 2 aliphatic rings. The van der Waals surface area contributed by atoms with Gasteiger partial charge in [-0.2, -0.15) is 0 Å². The number of hydrogen-bond acceptors (Lipinski definition) is 1. The first-order valence-electron chi connectivity index (χ1n) is 7.82. The average Bonchev–Trinajstić information content (AvgIpc) is 2.96. The zero-order chi connectivity index (χ0) is 17.4. The normalized spacial score (nSPS) is 18.2. The number of fused-ring (bicyclic) bond motifs is 2. The zero-order valence-corrected chi connectivity index (χ0v) is 18.3. The lowest BCUT2D eigenvalue weighted by atomic mass is 10.0. The maximum Gasteiger partial charge on any atom is 0.144 e. The molecule has 4 heteroatoms. The number of benzene rings is 2. The number of ketones is 1. The van der Waals surface area contributed by atoms with Crippen molar-refractivity contribution < 1.29 is 4.79 Å².